The number of aliphatic hydroxyl groups is 2. The Labute approximate surface area is 128 Å². The highest BCUT2D eigenvalue weighted by molar-refractivity contribution is 7.98. The van der Waals surface area contributed by atoms with E-state index in [4.69, 9.17) is 10.2 Å². The summed E-state index contributed by atoms with van der Waals surface area (Å²) in [5, 5.41) is 23.0. The first-order valence-electron chi connectivity index (χ1n) is 7.31. The standard InChI is InChI=1S/C16H20N2O2S/c19-9-13(20)10-21-11-15-14-7-4-8-16(14)18(17-15)12-5-2-1-3-6-12/h1-3,5-6,13,19-20H,4,7-11H2/t13-/m0/s1. The summed E-state index contributed by atoms with van der Waals surface area (Å²) in [5.74, 6) is 1.34. The first kappa shape index (κ1) is 14.6. The second-order valence-electron chi connectivity index (χ2n) is 5.32. The number of rotatable bonds is 6. The van der Waals surface area contributed by atoms with E-state index >= 15 is 0 Å². The van der Waals surface area contributed by atoms with Gasteiger partial charge in [0.2, 0.25) is 0 Å². The van der Waals surface area contributed by atoms with Crippen LogP contribution in [0.4, 0.5) is 0 Å². The molecule has 1 aliphatic rings. The van der Waals surface area contributed by atoms with Crippen molar-refractivity contribution in [3.8, 4) is 5.69 Å². The van der Waals surface area contributed by atoms with E-state index in [0.29, 0.717) is 5.75 Å². The van der Waals surface area contributed by atoms with Crippen molar-refractivity contribution in [2.24, 2.45) is 0 Å². The van der Waals surface area contributed by atoms with Gasteiger partial charge in [-0.2, -0.15) is 16.9 Å². The van der Waals surface area contributed by atoms with Crippen molar-refractivity contribution in [1.82, 2.24) is 9.78 Å². The van der Waals surface area contributed by atoms with Gasteiger partial charge in [0.05, 0.1) is 24.1 Å². The molecule has 2 N–H and O–H groups in total. The minimum absolute atomic E-state index is 0.177. The van der Waals surface area contributed by atoms with Crippen molar-refractivity contribution in [2.75, 3.05) is 12.4 Å². The number of nitrogens with zero attached hydrogens (tertiary/aromatic N) is 2. The second kappa shape index (κ2) is 6.64. The lowest BCUT2D eigenvalue weighted by Crippen LogP contribution is -2.14. The number of aromatic nitrogens is 2. The van der Waals surface area contributed by atoms with Gasteiger partial charge in [-0.25, -0.2) is 4.68 Å². The molecule has 1 aromatic heterocycles. The predicted octanol–water partition coefficient (Wildman–Crippen LogP) is 1.95. The molecule has 0 spiro atoms. The van der Waals surface area contributed by atoms with Crippen molar-refractivity contribution in [3.63, 3.8) is 0 Å². The van der Waals surface area contributed by atoms with E-state index in [-0.39, 0.29) is 6.61 Å². The highest BCUT2D eigenvalue weighted by Gasteiger charge is 2.22. The fourth-order valence-corrected chi connectivity index (χ4v) is 3.68. The summed E-state index contributed by atoms with van der Waals surface area (Å²) >= 11 is 1.63. The van der Waals surface area contributed by atoms with Gasteiger partial charge in [0, 0.05) is 17.2 Å². The lowest BCUT2D eigenvalue weighted by Gasteiger charge is -2.06. The molecule has 5 heteroatoms. The van der Waals surface area contributed by atoms with E-state index in [1.165, 1.54) is 17.7 Å². The van der Waals surface area contributed by atoms with Gasteiger partial charge >= 0.3 is 0 Å². The van der Waals surface area contributed by atoms with Crippen LogP contribution in [0, 0.1) is 0 Å². The van der Waals surface area contributed by atoms with E-state index in [9.17, 15) is 5.11 Å². The molecule has 0 fully saturated rings. The normalized spacial score (nSPS) is 15.1. The number of hydrogen-bond donors (Lipinski definition) is 2. The average molecular weight is 304 g/mol. The Balaban J connectivity index is 1.80. The van der Waals surface area contributed by atoms with Crippen molar-refractivity contribution in [2.45, 2.75) is 31.1 Å². The molecule has 4 nitrogen and oxygen atoms in total. The number of thioether (sulfide) groups is 1. The average Bonchev–Trinajstić information content (AvgIpc) is 3.11. The Bertz CT molecular complexity index is 598. The summed E-state index contributed by atoms with van der Waals surface area (Å²) in [4.78, 5) is 0. The fourth-order valence-electron chi connectivity index (χ4n) is 2.76. The van der Waals surface area contributed by atoms with Gasteiger partial charge in [-0.3, -0.25) is 0 Å². The van der Waals surface area contributed by atoms with E-state index in [2.05, 4.69) is 16.8 Å². The molecule has 0 unspecified atom stereocenters. The van der Waals surface area contributed by atoms with Crippen LogP contribution in [-0.4, -0.2) is 38.5 Å². The van der Waals surface area contributed by atoms with E-state index in [1.807, 2.05) is 18.2 Å². The highest BCUT2D eigenvalue weighted by atomic mass is 32.2. The third-order valence-electron chi connectivity index (χ3n) is 3.77. The summed E-state index contributed by atoms with van der Waals surface area (Å²) < 4.78 is 2.07. The number of para-hydroxylation sites is 1. The molecule has 1 atom stereocenters. The van der Waals surface area contributed by atoms with Crippen LogP contribution in [0.2, 0.25) is 0 Å². The summed E-state index contributed by atoms with van der Waals surface area (Å²) in [6, 6.07) is 10.2. The van der Waals surface area contributed by atoms with Crippen molar-refractivity contribution < 1.29 is 10.2 Å². The largest absolute Gasteiger partial charge is 0.394 e. The number of fused-ring (bicyclic) bond motifs is 1. The van der Waals surface area contributed by atoms with Crippen LogP contribution >= 0.6 is 11.8 Å². The van der Waals surface area contributed by atoms with E-state index in [1.54, 1.807) is 11.8 Å². The van der Waals surface area contributed by atoms with Gasteiger partial charge in [0.1, 0.15) is 0 Å². The van der Waals surface area contributed by atoms with Gasteiger partial charge < -0.3 is 10.2 Å². The van der Waals surface area contributed by atoms with Gasteiger partial charge in [-0.15, -0.1) is 0 Å². The predicted molar refractivity (Wildman–Crippen MR) is 84.8 cm³/mol. The summed E-state index contributed by atoms with van der Waals surface area (Å²) in [6.07, 6.45) is 2.73. The zero-order chi connectivity index (χ0) is 14.7. The van der Waals surface area contributed by atoms with Crippen molar-refractivity contribution in [3.05, 3.63) is 47.3 Å². The lowest BCUT2D eigenvalue weighted by molar-refractivity contribution is 0.113. The third-order valence-corrected chi connectivity index (χ3v) is 4.87. The van der Waals surface area contributed by atoms with Crippen LogP contribution in [0.5, 0.6) is 0 Å². The minimum atomic E-state index is -0.640. The Morgan fingerprint density at radius 3 is 2.81 bits per heavy atom. The van der Waals surface area contributed by atoms with Gasteiger partial charge in [-0.1, -0.05) is 18.2 Å². The van der Waals surface area contributed by atoms with Gasteiger partial charge in [0.25, 0.3) is 0 Å². The fraction of sp³-hybridized carbons (Fsp3) is 0.438. The third kappa shape index (κ3) is 3.15. The van der Waals surface area contributed by atoms with Crippen LogP contribution in [0.3, 0.4) is 0 Å². The van der Waals surface area contributed by atoms with Gasteiger partial charge in [-0.05, 0) is 37.0 Å². The molecule has 1 aliphatic carbocycles. The molecular formula is C16H20N2O2S. The molecule has 1 heterocycles. The molecule has 0 amide bonds. The minimum Gasteiger partial charge on any atom is -0.394 e. The Hall–Kier alpha value is -1.30. The Morgan fingerprint density at radius 2 is 2.05 bits per heavy atom. The Kier molecular flexibility index (Phi) is 4.63. The zero-order valence-corrected chi connectivity index (χ0v) is 12.7. The first-order valence-corrected chi connectivity index (χ1v) is 8.47. The molecule has 0 radical (unpaired) electrons. The van der Waals surface area contributed by atoms with Crippen LogP contribution in [0.25, 0.3) is 5.69 Å². The zero-order valence-electron chi connectivity index (χ0n) is 11.9. The maximum atomic E-state index is 9.42. The van der Waals surface area contributed by atoms with Gasteiger partial charge in [0.15, 0.2) is 0 Å². The molecule has 1 aromatic carbocycles. The number of aliphatic hydroxyl groups excluding tert-OH is 2. The van der Waals surface area contributed by atoms with E-state index < -0.39 is 6.10 Å². The molecule has 0 aliphatic heterocycles. The number of benzene rings is 1. The smallest absolute Gasteiger partial charge is 0.0861 e. The molecule has 3 rings (SSSR count). The Morgan fingerprint density at radius 1 is 1.24 bits per heavy atom. The first-order chi connectivity index (χ1) is 10.3. The van der Waals surface area contributed by atoms with E-state index in [0.717, 1.165) is 30.0 Å². The quantitative estimate of drug-likeness (QED) is 0.856. The maximum Gasteiger partial charge on any atom is 0.0861 e. The van der Waals surface area contributed by atoms with Crippen molar-refractivity contribution >= 4 is 11.8 Å². The molecule has 2 aromatic rings. The summed E-state index contributed by atoms with van der Waals surface area (Å²) in [6.45, 7) is -0.177. The molecule has 112 valence electrons. The summed E-state index contributed by atoms with van der Waals surface area (Å²) in [7, 11) is 0. The van der Waals surface area contributed by atoms with Crippen LogP contribution in [0.15, 0.2) is 30.3 Å². The van der Waals surface area contributed by atoms with Crippen molar-refractivity contribution in [1.29, 1.82) is 0 Å². The van der Waals surface area contributed by atoms with Crippen LogP contribution < -0.4 is 0 Å². The topological polar surface area (TPSA) is 58.3 Å². The molecule has 0 saturated carbocycles. The number of hydrogen-bond acceptors (Lipinski definition) is 4. The van der Waals surface area contributed by atoms with Crippen LogP contribution in [-0.2, 0) is 18.6 Å². The molecule has 0 saturated heterocycles. The molecule has 21 heavy (non-hydrogen) atoms. The monoisotopic (exact) mass is 304 g/mol. The lowest BCUT2D eigenvalue weighted by atomic mass is 10.2. The molecule has 0 bridgehead atoms. The highest BCUT2D eigenvalue weighted by Crippen LogP contribution is 2.29. The molecular weight excluding hydrogens is 284 g/mol. The maximum absolute atomic E-state index is 9.42. The SMILES string of the molecule is OC[C@H](O)CSCc1nn(-c2ccccc2)c2c1CCC2. The summed E-state index contributed by atoms with van der Waals surface area (Å²) in [5.41, 5.74) is 4.95. The van der Waals surface area contributed by atoms with Crippen LogP contribution in [0.1, 0.15) is 23.4 Å². The second-order valence-corrected chi connectivity index (χ2v) is 6.35.